The van der Waals surface area contributed by atoms with Gasteiger partial charge in [-0.05, 0) is 54.1 Å². The second kappa shape index (κ2) is 18.2. The van der Waals surface area contributed by atoms with Crippen molar-refractivity contribution >= 4 is 40.3 Å². The smallest absolute Gasteiger partial charge is 0.255 e. The standard InChI is InChI=1S/C31H44N2O3S.BrH/c1-4-5-6-7-8-9-10-11-12-13-19-36-30-21-27(17-18-29(30)35-3)31(34)32-28-16-14-15-26(20-28)23-33-22-25(2)37-24-33;/h14-18,20-22H,4-13,19,23-24H2,1-3H3,(H,32,34);1H. The molecule has 1 aliphatic heterocycles. The molecule has 3 rings (SSSR count). The van der Waals surface area contributed by atoms with E-state index in [1.54, 1.807) is 25.3 Å². The topological polar surface area (TPSA) is 50.8 Å². The molecule has 38 heavy (non-hydrogen) atoms. The number of amides is 1. The maximum absolute atomic E-state index is 13.0. The number of allylic oxidation sites excluding steroid dienone is 1. The van der Waals surface area contributed by atoms with Crippen molar-refractivity contribution in [1.29, 1.82) is 0 Å². The summed E-state index contributed by atoms with van der Waals surface area (Å²) >= 11 is 1.85. The summed E-state index contributed by atoms with van der Waals surface area (Å²) in [5.74, 6) is 2.08. The Morgan fingerprint density at radius 3 is 2.32 bits per heavy atom. The molecule has 5 nitrogen and oxygen atoms in total. The number of carbonyl (C=O) groups excluding carboxylic acids is 1. The molecule has 0 spiro atoms. The van der Waals surface area contributed by atoms with Gasteiger partial charge in [-0.1, -0.05) is 76.8 Å². The van der Waals surface area contributed by atoms with E-state index in [9.17, 15) is 4.79 Å². The molecule has 1 N–H and O–H groups in total. The first-order valence-corrected chi connectivity index (χ1v) is 14.8. The molecule has 2 aromatic rings. The number of carbonyl (C=O) groups is 1. The van der Waals surface area contributed by atoms with Crippen LogP contribution in [0.15, 0.2) is 53.6 Å². The van der Waals surface area contributed by atoms with Crippen LogP contribution in [0.25, 0.3) is 0 Å². The number of hydrogen-bond donors (Lipinski definition) is 1. The number of hydrogen-bond acceptors (Lipinski definition) is 5. The molecule has 0 aliphatic carbocycles. The van der Waals surface area contributed by atoms with E-state index >= 15 is 0 Å². The van der Waals surface area contributed by atoms with Crippen LogP contribution in [0.1, 0.15) is 94.0 Å². The lowest BCUT2D eigenvalue weighted by molar-refractivity contribution is 0.102. The molecule has 210 valence electrons. The molecule has 1 aliphatic rings. The molecule has 0 aromatic heterocycles. The van der Waals surface area contributed by atoms with Crippen molar-refractivity contribution in [2.75, 3.05) is 24.9 Å². The van der Waals surface area contributed by atoms with E-state index in [2.05, 4.69) is 36.3 Å². The number of nitrogens with one attached hydrogen (secondary N) is 1. The third kappa shape index (κ3) is 11.3. The van der Waals surface area contributed by atoms with Gasteiger partial charge in [0.05, 0.1) is 19.6 Å². The van der Waals surface area contributed by atoms with Gasteiger partial charge in [0.15, 0.2) is 11.5 Å². The van der Waals surface area contributed by atoms with E-state index in [-0.39, 0.29) is 22.9 Å². The average molecular weight is 606 g/mol. The second-order valence-corrected chi connectivity index (χ2v) is 11.0. The molecule has 0 saturated heterocycles. The van der Waals surface area contributed by atoms with E-state index in [1.165, 1.54) is 68.3 Å². The first kappa shape index (κ1) is 32.1. The number of rotatable bonds is 17. The van der Waals surface area contributed by atoms with Crippen LogP contribution in [0, 0.1) is 0 Å². The van der Waals surface area contributed by atoms with Crippen molar-refractivity contribution < 1.29 is 14.3 Å². The van der Waals surface area contributed by atoms with Gasteiger partial charge in [0.1, 0.15) is 0 Å². The van der Waals surface area contributed by atoms with Crippen LogP contribution in [0.5, 0.6) is 11.5 Å². The zero-order valence-corrected chi connectivity index (χ0v) is 25.8. The summed E-state index contributed by atoms with van der Waals surface area (Å²) in [7, 11) is 1.63. The van der Waals surface area contributed by atoms with Gasteiger partial charge in [-0.25, -0.2) is 0 Å². The Morgan fingerprint density at radius 1 is 0.947 bits per heavy atom. The van der Waals surface area contributed by atoms with Crippen molar-refractivity contribution in [2.24, 2.45) is 0 Å². The third-order valence-corrected chi connectivity index (χ3v) is 7.60. The highest BCUT2D eigenvalue weighted by molar-refractivity contribution is 8.93. The van der Waals surface area contributed by atoms with Crippen molar-refractivity contribution in [2.45, 2.75) is 84.6 Å². The van der Waals surface area contributed by atoms with Gasteiger partial charge in [-0.15, -0.1) is 28.7 Å². The van der Waals surface area contributed by atoms with Crippen LogP contribution in [0.2, 0.25) is 0 Å². The SMILES string of the molecule is Br.CCCCCCCCCCCCOc1cc(C(=O)Nc2cccc(CN3C=C(C)SC3)c2)ccc1OC. The van der Waals surface area contributed by atoms with Crippen LogP contribution >= 0.6 is 28.7 Å². The predicted molar refractivity (Wildman–Crippen MR) is 167 cm³/mol. The molecule has 0 atom stereocenters. The highest BCUT2D eigenvalue weighted by Crippen LogP contribution is 2.29. The zero-order valence-electron chi connectivity index (χ0n) is 23.3. The number of nitrogens with zero attached hydrogens (tertiary/aromatic N) is 1. The Bertz CT molecular complexity index is 1010. The van der Waals surface area contributed by atoms with Gasteiger partial charge < -0.3 is 19.7 Å². The third-order valence-electron chi connectivity index (χ3n) is 6.57. The highest BCUT2D eigenvalue weighted by atomic mass is 79.9. The lowest BCUT2D eigenvalue weighted by Gasteiger charge is -2.15. The van der Waals surface area contributed by atoms with Crippen LogP contribution in [0.3, 0.4) is 0 Å². The number of thioether (sulfide) groups is 1. The van der Waals surface area contributed by atoms with Crippen molar-refractivity contribution in [1.82, 2.24) is 4.90 Å². The van der Waals surface area contributed by atoms with E-state index in [0.29, 0.717) is 23.7 Å². The number of anilines is 1. The van der Waals surface area contributed by atoms with Gasteiger partial charge in [-0.2, -0.15) is 0 Å². The van der Waals surface area contributed by atoms with Crippen LogP contribution < -0.4 is 14.8 Å². The van der Waals surface area contributed by atoms with E-state index in [1.807, 2.05) is 30.0 Å². The summed E-state index contributed by atoms with van der Waals surface area (Å²) in [4.78, 5) is 16.6. The molecule has 0 radical (unpaired) electrons. The molecule has 2 aromatic carbocycles. The van der Waals surface area contributed by atoms with Gasteiger partial charge in [0, 0.05) is 24.0 Å². The summed E-state index contributed by atoms with van der Waals surface area (Å²) in [6.45, 7) is 5.85. The lowest BCUT2D eigenvalue weighted by atomic mass is 10.1. The quantitative estimate of drug-likeness (QED) is 0.182. The molecule has 0 unspecified atom stereocenters. The summed E-state index contributed by atoms with van der Waals surface area (Å²) in [5.41, 5.74) is 2.51. The summed E-state index contributed by atoms with van der Waals surface area (Å²) in [6.07, 6.45) is 15.0. The Labute approximate surface area is 244 Å². The monoisotopic (exact) mass is 604 g/mol. The molecular formula is C31H45BrN2O3S. The fourth-order valence-corrected chi connectivity index (χ4v) is 5.25. The predicted octanol–water partition coefficient (Wildman–Crippen LogP) is 9.19. The van der Waals surface area contributed by atoms with Crippen LogP contribution in [-0.2, 0) is 6.54 Å². The normalized spacial score (nSPS) is 12.6. The minimum Gasteiger partial charge on any atom is -0.493 e. The maximum Gasteiger partial charge on any atom is 0.255 e. The lowest BCUT2D eigenvalue weighted by Crippen LogP contribution is -2.14. The highest BCUT2D eigenvalue weighted by Gasteiger charge is 2.13. The Kier molecular flexibility index (Phi) is 15.4. The molecule has 1 heterocycles. The Morgan fingerprint density at radius 2 is 1.66 bits per heavy atom. The van der Waals surface area contributed by atoms with Gasteiger partial charge in [-0.3, -0.25) is 4.79 Å². The Balaban J connectivity index is 0.00000507. The summed E-state index contributed by atoms with van der Waals surface area (Å²) in [5, 5.41) is 3.03. The molecule has 0 saturated carbocycles. The van der Waals surface area contributed by atoms with E-state index < -0.39 is 0 Å². The van der Waals surface area contributed by atoms with Crippen LogP contribution in [-0.4, -0.2) is 30.4 Å². The van der Waals surface area contributed by atoms with Crippen molar-refractivity contribution in [3.63, 3.8) is 0 Å². The first-order chi connectivity index (χ1) is 18.1. The summed E-state index contributed by atoms with van der Waals surface area (Å²) < 4.78 is 11.5. The number of benzene rings is 2. The fraction of sp³-hybridized carbons (Fsp3) is 0.516. The van der Waals surface area contributed by atoms with Crippen molar-refractivity contribution in [3.8, 4) is 11.5 Å². The number of unbranched alkanes of at least 4 members (excludes halogenated alkanes) is 9. The first-order valence-electron chi connectivity index (χ1n) is 13.9. The zero-order chi connectivity index (χ0) is 26.3. The summed E-state index contributed by atoms with van der Waals surface area (Å²) in [6, 6.07) is 13.4. The van der Waals surface area contributed by atoms with E-state index in [4.69, 9.17) is 9.47 Å². The largest absolute Gasteiger partial charge is 0.493 e. The van der Waals surface area contributed by atoms with Crippen molar-refractivity contribution in [3.05, 3.63) is 64.7 Å². The Hall–Kier alpha value is -2.12. The number of methoxy groups -OCH3 is 1. The fourth-order valence-electron chi connectivity index (χ4n) is 4.50. The molecular weight excluding hydrogens is 560 g/mol. The minimum atomic E-state index is -0.156. The van der Waals surface area contributed by atoms with Gasteiger partial charge in [0.25, 0.3) is 5.91 Å². The minimum absolute atomic E-state index is 0. The molecule has 0 bridgehead atoms. The van der Waals surface area contributed by atoms with Crippen LogP contribution in [0.4, 0.5) is 5.69 Å². The molecule has 0 fully saturated rings. The van der Waals surface area contributed by atoms with E-state index in [0.717, 1.165) is 24.5 Å². The second-order valence-electron chi connectivity index (χ2n) is 9.81. The number of ether oxygens (including phenoxy) is 2. The average Bonchev–Trinajstić information content (AvgIpc) is 3.31. The van der Waals surface area contributed by atoms with Gasteiger partial charge in [0.2, 0.25) is 0 Å². The maximum atomic E-state index is 13.0. The number of halogens is 1. The van der Waals surface area contributed by atoms with Gasteiger partial charge >= 0.3 is 0 Å². The molecule has 7 heteroatoms. The molecule has 1 amide bonds.